The van der Waals surface area contributed by atoms with Gasteiger partial charge < -0.3 is 9.47 Å². The Bertz CT molecular complexity index is 697. The van der Waals surface area contributed by atoms with Crippen molar-refractivity contribution in [2.45, 2.75) is 26.4 Å². The van der Waals surface area contributed by atoms with Gasteiger partial charge in [-0.15, -0.1) is 0 Å². The van der Waals surface area contributed by atoms with Crippen LogP contribution in [0, 0.1) is 0 Å². The summed E-state index contributed by atoms with van der Waals surface area (Å²) in [6.45, 7) is 3.90. The number of hydrazone groups is 1. The summed E-state index contributed by atoms with van der Waals surface area (Å²) in [7, 11) is 1.60. The molecule has 5 heteroatoms. The second-order valence-corrected chi connectivity index (χ2v) is 5.53. The summed E-state index contributed by atoms with van der Waals surface area (Å²) < 4.78 is 11.0. The van der Waals surface area contributed by atoms with E-state index in [0.717, 1.165) is 11.1 Å². The van der Waals surface area contributed by atoms with Crippen LogP contribution < -0.4 is 14.9 Å². The number of methoxy groups -OCH3 is 1. The molecule has 0 fully saturated rings. The summed E-state index contributed by atoms with van der Waals surface area (Å²) in [5, 5.41) is 3.99. The third-order valence-electron chi connectivity index (χ3n) is 3.16. The SMILES string of the molecule is COc1ccc(/C=N\NC(=O)Cc2ccccc2)cc1OC(C)C. The molecular formula is C19H22N2O3. The molecule has 0 unspecified atom stereocenters. The molecule has 0 aromatic heterocycles. The average molecular weight is 326 g/mol. The molecule has 0 heterocycles. The zero-order valence-electron chi connectivity index (χ0n) is 14.2. The van der Waals surface area contributed by atoms with Crippen molar-refractivity contribution in [3.8, 4) is 11.5 Å². The van der Waals surface area contributed by atoms with Gasteiger partial charge in [0.25, 0.3) is 0 Å². The molecule has 126 valence electrons. The topological polar surface area (TPSA) is 59.9 Å². The molecule has 0 aliphatic heterocycles. The fraction of sp³-hybridized carbons (Fsp3) is 0.263. The Labute approximate surface area is 142 Å². The van der Waals surface area contributed by atoms with Crippen LogP contribution in [0.5, 0.6) is 11.5 Å². The minimum Gasteiger partial charge on any atom is -0.493 e. The number of carbonyl (C=O) groups excluding carboxylic acids is 1. The Hall–Kier alpha value is -2.82. The van der Waals surface area contributed by atoms with E-state index in [2.05, 4.69) is 10.5 Å². The van der Waals surface area contributed by atoms with Gasteiger partial charge in [0.2, 0.25) is 5.91 Å². The van der Waals surface area contributed by atoms with Crippen LogP contribution >= 0.6 is 0 Å². The zero-order valence-corrected chi connectivity index (χ0v) is 14.2. The van der Waals surface area contributed by atoms with E-state index in [-0.39, 0.29) is 12.0 Å². The molecule has 0 saturated heterocycles. The number of rotatable bonds is 7. The van der Waals surface area contributed by atoms with Crippen molar-refractivity contribution in [2.75, 3.05) is 7.11 Å². The quantitative estimate of drug-likeness (QED) is 0.628. The van der Waals surface area contributed by atoms with Crippen molar-refractivity contribution in [2.24, 2.45) is 5.10 Å². The van der Waals surface area contributed by atoms with Crippen LogP contribution in [0.1, 0.15) is 25.0 Å². The lowest BCUT2D eigenvalue weighted by atomic mass is 10.1. The highest BCUT2D eigenvalue weighted by Gasteiger charge is 2.07. The number of nitrogens with zero attached hydrogens (tertiary/aromatic N) is 1. The monoisotopic (exact) mass is 326 g/mol. The molecule has 0 atom stereocenters. The maximum Gasteiger partial charge on any atom is 0.244 e. The van der Waals surface area contributed by atoms with E-state index in [1.165, 1.54) is 0 Å². The van der Waals surface area contributed by atoms with Gasteiger partial charge in [0.05, 0.1) is 25.8 Å². The van der Waals surface area contributed by atoms with Crippen molar-refractivity contribution in [1.29, 1.82) is 0 Å². The highest BCUT2D eigenvalue weighted by molar-refractivity contribution is 5.84. The second-order valence-electron chi connectivity index (χ2n) is 5.53. The predicted octanol–water partition coefficient (Wildman–Crippen LogP) is 3.18. The van der Waals surface area contributed by atoms with Crippen molar-refractivity contribution in [3.05, 3.63) is 59.7 Å². The van der Waals surface area contributed by atoms with E-state index in [0.29, 0.717) is 17.9 Å². The van der Waals surface area contributed by atoms with E-state index in [1.54, 1.807) is 13.3 Å². The Kier molecular flexibility index (Phi) is 6.37. The molecule has 2 aromatic rings. The largest absolute Gasteiger partial charge is 0.493 e. The van der Waals surface area contributed by atoms with Crippen LogP contribution in [-0.4, -0.2) is 25.3 Å². The molecule has 0 aliphatic carbocycles. The van der Waals surface area contributed by atoms with Gasteiger partial charge in [0, 0.05) is 0 Å². The summed E-state index contributed by atoms with van der Waals surface area (Å²) in [6.07, 6.45) is 1.91. The molecule has 2 aromatic carbocycles. The smallest absolute Gasteiger partial charge is 0.244 e. The second kappa shape index (κ2) is 8.72. The lowest BCUT2D eigenvalue weighted by molar-refractivity contribution is -0.120. The number of ether oxygens (including phenoxy) is 2. The lowest BCUT2D eigenvalue weighted by Crippen LogP contribution is -2.19. The molecule has 1 N–H and O–H groups in total. The van der Waals surface area contributed by atoms with Gasteiger partial charge in [-0.1, -0.05) is 30.3 Å². The lowest BCUT2D eigenvalue weighted by Gasteiger charge is -2.13. The van der Waals surface area contributed by atoms with Crippen LogP contribution in [0.15, 0.2) is 53.6 Å². The molecule has 2 rings (SSSR count). The van der Waals surface area contributed by atoms with Gasteiger partial charge in [-0.05, 0) is 43.2 Å². The normalized spacial score (nSPS) is 10.8. The van der Waals surface area contributed by atoms with Gasteiger partial charge in [-0.25, -0.2) is 5.43 Å². The minimum absolute atomic E-state index is 0.0386. The number of amides is 1. The van der Waals surface area contributed by atoms with Gasteiger partial charge in [-0.2, -0.15) is 5.10 Å². The molecule has 0 radical (unpaired) electrons. The highest BCUT2D eigenvalue weighted by Crippen LogP contribution is 2.28. The summed E-state index contributed by atoms with van der Waals surface area (Å²) in [4.78, 5) is 11.8. The first-order valence-corrected chi connectivity index (χ1v) is 7.79. The molecular weight excluding hydrogens is 304 g/mol. The Morgan fingerprint density at radius 3 is 2.58 bits per heavy atom. The first-order valence-electron chi connectivity index (χ1n) is 7.79. The average Bonchev–Trinajstić information content (AvgIpc) is 2.55. The Morgan fingerprint density at radius 2 is 1.92 bits per heavy atom. The zero-order chi connectivity index (χ0) is 17.4. The van der Waals surface area contributed by atoms with Crippen molar-refractivity contribution in [3.63, 3.8) is 0 Å². The Balaban J connectivity index is 1.97. The molecule has 5 nitrogen and oxygen atoms in total. The minimum atomic E-state index is -0.162. The van der Waals surface area contributed by atoms with E-state index >= 15 is 0 Å². The number of carbonyl (C=O) groups is 1. The van der Waals surface area contributed by atoms with Crippen molar-refractivity contribution < 1.29 is 14.3 Å². The first-order chi connectivity index (χ1) is 11.6. The van der Waals surface area contributed by atoms with Crippen LogP contribution in [0.2, 0.25) is 0 Å². The van der Waals surface area contributed by atoms with E-state index < -0.39 is 0 Å². The molecule has 0 spiro atoms. The fourth-order valence-electron chi connectivity index (χ4n) is 2.12. The van der Waals surface area contributed by atoms with Crippen LogP contribution in [0.3, 0.4) is 0 Å². The Morgan fingerprint density at radius 1 is 1.17 bits per heavy atom. The molecule has 24 heavy (non-hydrogen) atoms. The summed E-state index contributed by atoms with van der Waals surface area (Å²) in [6, 6.07) is 15.0. The molecule has 0 aliphatic rings. The highest BCUT2D eigenvalue weighted by atomic mass is 16.5. The third-order valence-corrected chi connectivity index (χ3v) is 3.16. The summed E-state index contributed by atoms with van der Waals surface area (Å²) >= 11 is 0. The maximum atomic E-state index is 11.8. The summed E-state index contributed by atoms with van der Waals surface area (Å²) in [5.74, 6) is 1.14. The molecule has 0 saturated carbocycles. The predicted molar refractivity (Wildman–Crippen MR) is 94.6 cm³/mol. The number of hydrogen-bond acceptors (Lipinski definition) is 4. The van der Waals surface area contributed by atoms with Gasteiger partial charge >= 0.3 is 0 Å². The van der Waals surface area contributed by atoms with E-state index in [4.69, 9.17) is 9.47 Å². The first kappa shape index (κ1) is 17.5. The van der Waals surface area contributed by atoms with E-state index in [1.807, 2.05) is 62.4 Å². The van der Waals surface area contributed by atoms with Gasteiger partial charge in [0.1, 0.15) is 0 Å². The van der Waals surface area contributed by atoms with Crippen LogP contribution in [-0.2, 0) is 11.2 Å². The number of benzene rings is 2. The standard InChI is InChI=1S/C19H22N2O3/c1-14(2)24-18-11-16(9-10-17(18)23-3)13-20-21-19(22)12-15-7-5-4-6-8-15/h4-11,13-14H,12H2,1-3H3,(H,21,22)/b20-13-. The number of hydrogen-bond donors (Lipinski definition) is 1. The number of nitrogens with one attached hydrogen (secondary N) is 1. The third kappa shape index (κ3) is 5.43. The summed E-state index contributed by atoms with van der Waals surface area (Å²) in [5.41, 5.74) is 4.28. The van der Waals surface area contributed by atoms with Crippen molar-refractivity contribution >= 4 is 12.1 Å². The van der Waals surface area contributed by atoms with Gasteiger partial charge in [0.15, 0.2) is 11.5 Å². The van der Waals surface area contributed by atoms with Crippen LogP contribution in [0.25, 0.3) is 0 Å². The maximum absolute atomic E-state index is 11.8. The fourth-order valence-corrected chi connectivity index (χ4v) is 2.12. The van der Waals surface area contributed by atoms with Crippen LogP contribution in [0.4, 0.5) is 0 Å². The molecule has 0 bridgehead atoms. The molecule has 1 amide bonds. The van der Waals surface area contributed by atoms with Crippen molar-refractivity contribution in [1.82, 2.24) is 5.43 Å². The van der Waals surface area contributed by atoms with Gasteiger partial charge in [-0.3, -0.25) is 4.79 Å². The van der Waals surface area contributed by atoms with E-state index in [9.17, 15) is 4.79 Å².